The highest BCUT2D eigenvalue weighted by Crippen LogP contribution is 2.38. The summed E-state index contributed by atoms with van der Waals surface area (Å²) in [5.74, 6) is 1.19. The molecule has 2 fully saturated rings. The fraction of sp³-hybridized carbons (Fsp3) is 0.769. The van der Waals surface area contributed by atoms with E-state index in [9.17, 15) is 0 Å². The van der Waals surface area contributed by atoms with Crippen LogP contribution in [-0.4, -0.2) is 40.6 Å². The monoisotopic (exact) mass is 270 g/mol. The Morgan fingerprint density at radius 3 is 2.78 bits per heavy atom. The standard InChI is InChI=1S/C13H22N4.ClH/c1-16-9-7-15-12(16)10-17-8-4-13(11-17)2-5-14-6-3-13;/h7,9,14H,2-6,8,10-11H2,1H3;1H. The molecule has 102 valence electrons. The van der Waals surface area contributed by atoms with Gasteiger partial charge in [0.1, 0.15) is 5.82 Å². The Morgan fingerprint density at radius 1 is 1.33 bits per heavy atom. The molecule has 3 heterocycles. The summed E-state index contributed by atoms with van der Waals surface area (Å²) in [7, 11) is 2.08. The number of likely N-dealkylation sites (tertiary alicyclic amines) is 1. The van der Waals surface area contributed by atoms with Gasteiger partial charge in [-0.2, -0.15) is 0 Å². The van der Waals surface area contributed by atoms with Gasteiger partial charge in [0.15, 0.2) is 0 Å². The Hall–Kier alpha value is -0.580. The molecule has 0 atom stereocenters. The summed E-state index contributed by atoms with van der Waals surface area (Å²) >= 11 is 0. The summed E-state index contributed by atoms with van der Waals surface area (Å²) in [5.41, 5.74) is 0.608. The number of halogens is 1. The van der Waals surface area contributed by atoms with Crippen molar-refractivity contribution in [3.63, 3.8) is 0 Å². The van der Waals surface area contributed by atoms with Crippen LogP contribution in [-0.2, 0) is 13.6 Å². The van der Waals surface area contributed by atoms with E-state index < -0.39 is 0 Å². The Balaban J connectivity index is 0.00000120. The molecule has 0 radical (unpaired) electrons. The van der Waals surface area contributed by atoms with Crippen LogP contribution in [0.15, 0.2) is 12.4 Å². The lowest BCUT2D eigenvalue weighted by Gasteiger charge is -2.33. The number of aromatic nitrogens is 2. The molecule has 0 aromatic carbocycles. The van der Waals surface area contributed by atoms with Crippen molar-refractivity contribution in [1.29, 1.82) is 0 Å². The summed E-state index contributed by atoms with van der Waals surface area (Å²) in [6, 6.07) is 0. The van der Waals surface area contributed by atoms with Gasteiger partial charge in [-0.1, -0.05) is 0 Å². The highest BCUT2D eigenvalue weighted by molar-refractivity contribution is 5.85. The van der Waals surface area contributed by atoms with Gasteiger partial charge in [0.25, 0.3) is 0 Å². The Bertz CT molecular complexity index is 384. The molecule has 0 bridgehead atoms. The third-order valence-electron chi connectivity index (χ3n) is 4.47. The van der Waals surface area contributed by atoms with E-state index in [0.29, 0.717) is 5.41 Å². The predicted octanol–water partition coefficient (Wildman–Crippen LogP) is 1.42. The number of hydrogen-bond acceptors (Lipinski definition) is 3. The minimum atomic E-state index is 0. The lowest BCUT2D eigenvalue weighted by atomic mass is 9.78. The average Bonchev–Trinajstić information content (AvgIpc) is 2.90. The largest absolute Gasteiger partial charge is 0.337 e. The van der Waals surface area contributed by atoms with Crippen molar-refractivity contribution in [2.24, 2.45) is 12.5 Å². The molecular formula is C13H23ClN4. The molecule has 4 nitrogen and oxygen atoms in total. The molecule has 18 heavy (non-hydrogen) atoms. The quantitative estimate of drug-likeness (QED) is 0.882. The molecule has 0 amide bonds. The summed E-state index contributed by atoms with van der Waals surface area (Å²) in [6.07, 6.45) is 8.00. The van der Waals surface area contributed by atoms with E-state index in [1.54, 1.807) is 0 Å². The second-order valence-electron chi connectivity index (χ2n) is 5.67. The molecule has 2 aliphatic rings. The number of nitrogens with one attached hydrogen (secondary N) is 1. The van der Waals surface area contributed by atoms with Gasteiger partial charge in [-0.15, -0.1) is 12.4 Å². The van der Waals surface area contributed by atoms with Crippen molar-refractivity contribution in [1.82, 2.24) is 19.8 Å². The number of piperidine rings is 1. The van der Waals surface area contributed by atoms with Gasteiger partial charge in [0, 0.05) is 26.0 Å². The van der Waals surface area contributed by atoms with Gasteiger partial charge in [-0.25, -0.2) is 4.98 Å². The van der Waals surface area contributed by atoms with Crippen LogP contribution in [0, 0.1) is 5.41 Å². The van der Waals surface area contributed by atoms with Crippen LogP contribution in [0.2, 0.25) is 0 Å². The maximum atomic E-state index is 4.42. The molecule has 3 rings (SSSR count). The normalized spacial score (nSPS) is 23.2. The maximum Gasteiger partial charge on any atom is 0.122 e. The second kappa shape index (κ2) is 5.59. The fourth-order valence-corrected chi connectivity index (χ4v) is 3.28. The lowest BCUT2D eigenvalue weighted by Crippen LogP contribution is -2.38. The molecule has 0 unspecified atom stereocenters. The Kier molecular flexibility index (Phi) is 4.30. The zero-order valence-corrected chi connectivity index (χ0v) is 11.9. The zero-order valence-electron chi connectivity index (χ0n) is 11.1. The summed E-state index contributed by atoms with van der Waals surface area (Å²) < 4.78 is 2.13. The first-order valence-corrected chi connectivity index (χ1v) is 6.67. The molecule has 1 aromatic rings. The van der Waals surface area contributed by atoms with Gasteiger partial charge < -0.3 is 9.88 Å². The number of hydrogen-bond donors (Lipinski definition) is 1. The van der Waals surface area contributed by atoms with Crippen molar-refractivity contribution in [3.8, 4) is 0 Å². The minimum absolute atomic E-state index is 0. The smallest absolute Gasteiger partial charge is 0.122 e. The second-order valence-corrected chi connectivity index (χ2v) is 5.67. The third kappa shape index (κ3) is 2.71. The van der Waals surface area contributed by atoms with E-state index in [-0.39, 0.29) is 12.4 Å². The molecule has 2 aliphatic heterocycles. The van der Waals surface area contributed by atoms with Crippen LogP contribution in [0.4, 0.5) is 0 Å². The molecule has 2 saturated heterocycles. The first-order chi connectivity index (χ1) is 8.27. The van der Waals surface area contributed by atoms with Crippen molar-refractivity contribution in [2.75, 3.05) is 26.2 Å². The lowest BCUT2D eigenvalue weighted by molar-refractivity contribution is 0.192. The number of rotatable bonds is 2. The average molecular weight is 271 g/mol. The third-order valence-corrected chi connectivity index (χ3v) is 4.47. The minimum Gasteiger partial charge on any atom is -0.337 e. The summed E-state index contributed by atoms with van der Waals surface area (Å²) in [6.45, 7) is 5.93. The van der Waals surface area contributed by atoms with E-state index in [1.807, 2.05) is 12.4 Å². The number of aryl methyl sites for hydroxylation is 1. The van der Waals surface area contributed by atoms with Crippen LogP contribution in [0.3, 0.4) is 0 Å². The number of imidazole rings is 1. The molecule has 0 saturated carbocycles. The van der Waals surface area contributed by atoms with Crippen molar-refractivity contribution in [2.45, 2.75) is 25.8 Å². The molecule has 1 N–H and O–H groups in total. The van der Waals surface area contributed by atoms with E-state index in [4.69, 9.17) is 0 Å². The van der Waals surface area contributed by atoms with Crippen LogP contribution in [0.1, 0.15) is 25.1 Å². The predicted molar refractivity (Wildman–Crippen MR) is 74.9 cm³/mol. The van der Waals surface area contributed by atoms with Gasteiger partial charge in [0.05, 0.1) is 6.54 Å². The van der Waals surface area contributed by atoms with Crippen LogP contribution in [0.5, 0.6) is 0 Å². The topological polar surface area (TPSA) is 33.1 Å². The van der Waals surface area contributed by atoms with Crippen molar-refractivity contribution < 1.29 is 0 Å². The SMILES string of the molecule is Cl.Cn1ccnc1CN1CCC2(CCNCC2)C1. The van der Waals surface area contributed by atoms with E-state index in [1.165, 1.54) is 51.3 Å². The summed E-state index contributed by atoms with van der Waals surface area (Å²) in [5, 5.41) is 3.47. The Morgan fingerprint density at radius 2 is 2.11 bits per heavy atom. The van der Waals surface area contributed by atoms with E-state index in [2.05, 4.69) is 26.8 Å². The van der Waals surface area contributed by atoms with Crippen LogP contribution in [0.25, 0.3) is 0 Å². The van der Waals surface area contributed by atoms with Gasteiger partial charge in [0.2, 0.25) is 0 Å². The zero-order chi connectivity index (χ0) is 11.7. The van der Waals surface area contributed by atoms with Gasteiger partial charge in [-0.3, -0.25) is 4.90 Å². The molecule has 1 spiro atoms. The molecule has 1 aromatic heterocycles. The first-order valence-electron chi connectivity index (χ1n) is 6.67. The maximum absolute atomic E-state index is 4.42. The Labute approximate surface area is 115 Å². The van der Waals surface area contributed by atoms with E-state index >= 15 is 0 Å². The van der Waals surface area contributed by atoms with Crippen molar-refractivity contribution >= 4 is 12.4 Å². The number of nitrogens with zero attached hydrogens (tertiary/aromatic N) is 3. The van der Waals surface area contributed by atoms with Crippen LogP contribution < -0.4 is 5.32 Å². The molecule has 5 heteroatoms. The van der Waals surface area contributed by atoms with E-state index in [0.717, 1.165) is 6.54 Å². The molecular weight excluding hydrogens is 248 g/mol. The highest BCUT2D eigenvalue weighted by atomic mass is 35.5. The summed E-state index contributed by atoms with van der Waals surface area (Å²) in [4.78, 5) is 7.00. The van der Waals surface area contributed by atoms with Gasteiger partial charge >= 0.3 is 0 Å². The highest BCUT2D eigenvalue weighted by Gasteiger charge is 2.38. The van der Waals surface area contributed by atoms with Crippen LogP contribution >= 0.6 is 12.4 Å². The fourth-order valence-electron chi connectivity index (χ4n) is 3.28. The molecule has 0 aliphatic carbocycles. The first kappa shape index (κ1) is 13.8. The van der Waals surface area contributed by atoms with Gasteiger partial charge in [-0.05, 0) is 44.3 Å². The van der Waals surface area contributed by atoms with Crippen molar-refractivity contribution in [3.05, 3.63) is 18.2 Å².